The Balaban J connectivity index is 2.23. The van der Waals surface area contributed by atoms with Crippen molar-refractivity contribution in [2.45, 2.75) is 25.5 Å². The van der Waals surface area contributed by atoms with Crippen molar-refractivity contribution in [1.82, 2.24) is 9.55 Å². The summed E-state index contributed by atoms with van der Waals surface area (Å²) in [6.45, 7) is 4.18. The summed E-state index contributed by atoms with van der Waals surface area (Å²) in [5.41, 5.74) is 3.79. The van der Waals surface area contributed by atoms with Gasteiger partial charge in [0.25, 0.3) is 0 Å². The van der Waals surface area contributed by atoms with Gasteiger partial charge in [0.15, 0.2) is 0 Å². The number of imidazole rings is 1. The Bertz CT molecular complexity index is 927. The molecule has 1 aromatic heterocycles. The molecule has 0 saturated carbocycles. The molecule has 0 N–H and O–H groups in total. The fourth-order valence-corrected chi connectivity index (χ4v) is 3.52. The van der Waals surface area contributed by atoms with Gasteiger partial charge in [-0.25, -0.2) is 13.4 Å². The second-order valence-corrected chi connectivity index (χ2v) is 7.47. The minimum Gasteiger partial charge on any atom is -0.310 e. The molecule has 2 aromatic carbocycles. The molecular weight excluding hydrogens is 296 g/mol. The Morgan fingerprint density at radius 3 is 2.45 bits per heavy atom. The fourth-order valence-electron chi connectivity index (χ4n) is 2.53. The van der Waals surface area contributed by atoms with Crippen LogP contribution in [-0.2, 0) is 16.4 Å². The first-order valence-corrected chi connectivity index (χ1v) is 8.90. The summed E-state index contributed by atoms with van der Waals surface area (Å²) in [5, 5.41) is 0.152. The molecule has 114 valence electrons. The van der Waals surface area contributed by atoms with Gasteiger partial charge in [-0.3, -0.25) is 0 Å². The van der Waals surface area contributed by atoms with E-state index in [1.807, 2.05) is 55.5 Å². The molecule has 0 aliphatic carbocycles. The van der Waals surface area contributed by atoms with Crippen LogP contribution >= 0.6 is 0 Å². The van der Waals surface area contributed by atoms with Gasteiger partial charge in [0, 0.05) is 0 Å². The minimum absolute atomic E-state index is 0.0457. The van der Waals surface area contributed by atoms with Gasteiger partial charge in [-0.15, -0.1) is 0 Å². The van der Waals surface area contributed by atoms with Crippen LogP contribution in [0.15, 0.2) is 53.7 Å². The second-order valence-electron chi connectivity index (χ2n) is 5.30. The second kappa shape index (κ2) is 5.57. The molecule has 3 rings (SSSR count). The number of hydrogen-bond acceptors (Lipinski definition) is 3. The predicted octanol–water partition coefficient (Wildman–Crippen LogP) is 3.19. The molecule has 0 amide bonds. The van der Waals surface area contributed by atoms with E-state index >= 15 is 0 Å². The summed E-state index contributed by atoms with van der Waals surface area (Å²) < 4.78 is 26.6. The van der Waals surface area contributed by atoms with Gasteiger partial charge >= 0.3 is 0 Å². The van der Waals surface area contributed by atoms with E-state index < -0.39 is 9.84 Å². The number of benzene rings is 2. The Hall–Kier alpha value is -2.14. The summed E-state index contributed by atoms with van der Waals surface area (Å²) in [4.78, 5) is 4.36. The average Bonchev–Trinajstić information content (AvgIpc) is 2.89. The lowest BCUT2D eigenvalue weighted by Crippen LogP contribution is -2.13. The van der Waals surface area contributed by atoms with Gasteiger partial charge in [-0.05, 0) is 30.2 Å². The Labute approximate surface area is 130 Å². The first-order chi connectivity index (χ1) is 10.5. The van der Waals surface area contributed by atoms with Crippen molar-refractivity contribution in [3.8, 4) is 0 Å². The van der Waals surface area contributed by atoms with E-state index in [1.54, 1.807) is 11.5 Å². The number of rotatable bonds is 4. The first kappa shape index (κ1) is 14.8. The van der Waals surface area contributed by atoms with E-state index in [0.29, 0.717) is 12.1 Å². The highest BCUT2D eigenvalue weighted by atomic mass is 32.2. The van der Waals surface area contributed by atoms with Gasteiger partial charge in [0.05, 0.1) is 23.3 Å². The van der Waals surface area contributed by atoms with Crippen LogP contribution < -0.4 is 0 Å². The van der Waals surface area contributed by atoms with E-state index in [-0.39, 0.29) is 10.9 Å². The van der Waals surface area contributed by atoms with Crippen molar-refractivity contribution in [2.24, 2.45) is 0 Å². The molecule has 0 fully saturated rings. The lowest BCUT2D eigenvalue weighted by atomic mass is 10.1. The van der Waals surface area contributed by atoms with Crippen LogP contribution in [-0.4, -0.2) is 23.7 Å². The van der Waals surface area contributed by atoms with E-state index in [4.69, 9.17) is 0 Å². The zero-order valence-corrected chi connectivity index (χ0v) is 13.5. The van der Waals surface area contributed by atoms with Crippen molar-refractivity contribution in [3.63, 3.8) is 0 Å². The molecule has 0 aliphatic heterocycles. The van der Waals surface area contributed by atoms with Gasteiger partial charge in [-0.2, -0.15) is 0 Å². The minimum atomic E-state index is -3.37. The molecule has 4 nitrogen and oxygen atoms in total. The number of aryl methyl sites for hydroxylation is 1. The number of para-hydroxylation sites is 2. The van der Waals surface area contributed by atoms with Crippen LogP contribution in [0, 0.1) is 6.92 Å². The third kappa shape index (κ3) is 2.52. The Morgan fingerprint density at radius 1 is 1.05 bits per heavy atom. The number of hydrogen-bond donors (Lipinski definition) is 0. The Morgan fingerprint density at radius 2 is 1.73 bits per heavy atom. The molecule has 1 heterocycles. The molecule has 0 saturated heterocycles. The molecule has 5 heteroatoms. The lowest BCUT2D eigenvalue weighted by molar-refractivity contribution is 0.576. The topological polar surface area (TPSA) is 52.0 Å². The molecule has 0 unspecified atom stereocenters. The highest BCUT2D eigenvalue weighted by molar-refractivity contribution is 7.91. The maximum atomic E-state index is 12.4. The maximum absolute atomic E-state index is 12.4. The summed E-state index contributed by atoms with van der Waals surface area (Å²) in [5.74, 6) is 0.0457. The average molecular weight is 314 g/mol. The van der Waals surface area contributed by atoms with Gasteiger partial charge < -0.3 is 4.57 Å². The number of aromatic nitrogens is 2. The molecule has 0 bridgehead atoms. The fraction of sp³-hybridized carbons (Fsp3) is 0.235. The zero-order chi connectivity index (χ0) is 15.7. The van der Waals surface area contributed by atoms with Crippen molar-refractivity contribution in [2.75, 3.05) is 5.75 Å². The number of fused-ring (bicyclic) bond motifs is 1. The third-order valence-electron chi connectivity index (χ3n) is 3.87. The largest absolute Gasteiger partial charge is 0.310 e. The number of sulfone groups is 1. The predicted molar refractivity (Wildman–Crippen MR) is 87.7 cm³/mol. The quantitative estimate of drug-likeness (QED) is 0.743. The summed E-state index contributed by atoms with van der Waals surface area (Å²) in [7, 11) is -3.37. The molecule has 0 radical (unpaired) electrons. The van der Waals surface area contributed by atoms with Crippen LogP contribution in [0.5, 0.6) is 0 Å². The van der Waals surface area contributed by atoms with Crippen molar-refractivity contribution in [1.29, 1.82) is 0 Å². The summed E-state index contributed by atoms with van der Waals surface area (Å²) >= 11 is 0. The van der Waals surface area contributed by atoms with Crippen molar-refractivity contribution >= 4 is 20.9 Å². The summed E-state index contributed by atoms with van der Waals surface area (Å²) in [6, 6.07) is 15.5. The molecular formula is C17H18N2O2S. The summed E-state index contributed by atoms with van der Waals surface area (Å²) in [6.07, 6.45) is 0. The van der Waals surface area contributed by atoms with E-state index in [0.717, 1.165) is 16.6 Å². The first-order valence-electron chi connectivity index (χ1n) is 7.25. The Kier molecular flexibility index (Phi) is 3.74. The molecule has 0 aliphatic rings. The maximum Gasteiger partial charge on any atom is 0.229 e. The lowest BCUT2D eigenvalue weighted by Gasteiger charge is -2.11. The van der Waals surface area contributed by atoms with Crippen molar-refractivity contribution < 1.29 is 8.42 Å². The van der Waals surface area contributed by atoms with Gasteiger partial charge in [0.1, 0.15) is 0 Å². The van der Waals surface area contributed by atoms with Gasteiger partial charge in [-0.1, -0.05) is 43.3 Å². The smallest absolute Gasteiger partial charge is 0.229 e. The van der Waals surface area contributed by atoms with Gasteiger partial charge in [0.2, 0.25) is 15.0 Å². The number of nitrogens with zero attached hydrogens (tertiary/aromatic N) is 2. The highest BCUT2D eigenvalue weighted by Crippen LogP contribution is 2.22. The molecule has 0 atom stereocenters. The normalized spacial score (nSPS) is 11.9. The van der Waals surface area contributed by atoms with Crippen LogP contribution in [0.4, 0.5) is 0 Å². The third-order valence-corrected chi connectivity index (χ3v) is 5.50. The van der Waals surface area contributed by atoms with E-state index in [1.165, 1.54) is 0 Å². The highest BCUT2D eigenvalue weighted by Gasteiger charge is 2.22. The van der Waals surface area contributed by atoms with Crippen LogP contribution in [0.1, 0.15) is 18.1 Å². The van der Waals surface area contributed by atoms with Crippen LogP contribution in [0.3, 0.4) is 0 Å². The van der Waals surface area contributed by atoms with Crippen LogP contribution in [0.25, 0.3) is 11.0 Å². The van der Waals surface area contributed by atoms with E-state index in [2.05, 4.69) is 4.98 Å². The monoisotopic (exact) mass is 314 g/mol. The van der Waals surface area contributed by atoms with Crippen LogP contribution in [0.2, 0.25) is 0 Å². The van der Waals surface area contributed by atoms with E-state index in [9.17, 15) is 8.42 Å². The zero-order valence-electron chi connectivity index (χ0n) is 12.7. The van der Waals surface area contributed by atoms with Crippen molar-refractivity contribution in [3.05, 3.63) is 59.7 Å². The molecule has 0 spiro atoms. The SMILES string of the molecule is CCS(=O)(=O)c1nc2ccccc2n1Cc1ccccc1C. The standard InChI is InChI=1S/C17H18N2O2S/c1-3-22(20,21)17-18-15-10-6-7-11-16(15)19(17)12-14-9-5-4-8-13(14)2/h4-11H,3,12H2,1-2H3. The molecule has 3 aromatic rings. The molecule has 22 heavy (non-hydrogen) atoms.